The average Bonchev–Trinajstić information content (AvgIpc) is 3.40. The van der Waals surface area contributed by atoms with Gasteiger partial charge in [0, 0.05) is 31.5 Å². The molecule has 0 radical (unpaired) electrons. The zero-order chi connectivity index (χ0) is 20.1. The largest absolute Gasteiger partial charge is 0.368 e. The SMILES string of the molecule is Cc1noc(COC2CCN(C(=O)CCc3nc(-c4ccccc4)no3)CC2)n1. The molecule has 1 fully saturated rings. The Morgan fingerprint density at radius 2 is 1.86 bits per heavy atom. The summed E-state index contributed by atoms with van der Waals surface area (Å²) in [5, 5.41) is 7.73. The average molecular weight is 397 g/mol. The highest BCUT2D eigenvalue weighted by atomic mass is 16.5. The van der Waals surface area contributed by atoms with Crippen molar-refractivity contribution in [2.24, 2.45) is 0 Å². The molecular weight excluding hydrogens is 374 g/mol. The second kappa shape index (κ2) is 8.95. The third kappa shape index (κ3) is 5.05. The topological polar surface area (TPSA) is 107 Å². The fourth-order valence-electron chi connectivity index (χ4n) is 3.29. The van der Waals surface area contributed by atoms with Crippen molar-refractivity contribution in [1.29, 1.82) is 0 Å². The number of carbonyl (C=O) groups is 1. The molecule has 1 aliphatic rings. The third-order valence-corrected chi connectivity index (χ3v) is 4.86. The normalized spacial score (nSPS) is 15.0. The van der Waals surface area contributed by atoms with Gasteiger partial charge in [0.1, 0.15) is 6.61 Å². The van der Waals surface area contributed by atoms with E-state index in [0.717, 1.165) is 18.4 Å². The number of carbonyl (C=O) groups excluding carboxylic acids is 1. The highest BCUT2D eigenvalue weighted by Gasteiger charge is 2.24. The minimum atomic E-state index is 0.0930. The summed E-state index contributed by atoms with van der Waals surface area (Å²) >= 11 is 0. The van der Waals surface area contributed by atoms with Crippen LogP contribution in [0, 0.1) is 6.92 Å². The molecule has 9 heteroatoms. The lowest BCUT2D eigenvalue weighted by molar-refractivity contribution is -0.134. The van der Waals surface area contributed by atoms with Crippen molar-refractivity contribution in [1.82, 2.24) is 25.2 Å². The Morgan fingerprint density at radius 3 is 2.59 bits per heavy atom. The Labute approximate surface area is 168 Å². The molecule has 0 atom stereocenters. The van der Waals surface area contributed by atoms with Crippen molar-refractivity contribution in [2.75, 3.05) is 13.1 Å². The Bertz CT molecular complexity index is 931. The minimum Gasteiger partial charge on any atom is -0.368 e. The van der Waals surface area contributed by atoms with Crippen molar-refractivity contribution in [3.63, 3.8) is 0 Å². The minimum absolute atomic E-state index is 0.0930. The Balaban J connectivity index is 1.20. The molecule has 152 valence electrons. The molecule has 29 heavy (non-hydrogen) atoms. The van der Waals surface area contributed by atoms with Gasteiger partial charge in [0.05, 0.1) is 6.10 Å². The summed E-state index contributed by atoms with van der Waals surface area (Å²) in [5.74, 6) is 2.19. The zero-order valence-electron chi connectivity index (χ0n) is 16.3. The number of ether oxygens (including phenoxy) is 1. The van der Waals surface area contributed by atoms with Crippen LogP contribution in [0.4, 0.5) is 0 Å². The van der Waals surface area contributed by atoms with Gasteiger partial charge in [-0.1, -0.05) is 40.6 Å². The van der Waals surface area contributed by atoms with E-state index in [2.05, 4.69) is 20.3 Å². The van der Waals surface area contributed by atoms with E-state index in [9.17, 15) is 4.79 Å². The summed E-state index contributed by atoms with van der Waals surface area (Å²) in [7, 11) is 0. The smallest absolute Gasteiger partial charge is 0.252 e. The number of aryl methyl sites for hydroxylation is 2. The van der Waals surface area contributed by atoms with Crippen LogP contribution in [0.25, 0.3) is 11.4 Å². The number of nitrogens with zero attached hydrogens (tertiary/aromatic N) is 5. The van der Waals surface area contributed by atoms with E-state index in [1.165, 1.54) is 0 Å². The number of amides is 1. The number of hydrogen-bond acceptors (Lipinski definition) is 8. The number of benzene rings is 1. The van der Waals surface area contributed by atoms with Gasteiger partial charge in [-0.25, -0.2) is 0 Å². The highest BCUT2D eigenvalue weighted by molar-refractivity contribution is 5.76. The van der Waals surface area contributed by atoms with Crippen LogP contribution in [-0.2, 0) is 22.6 Å². The second-order valence-corrected chi connectivity index (χ2v) is 7.00. The summed E-state index contributed by atoms with van der Waals surface area (Å²) in [6, 6.07) is 9.62. The predicted molar refractivity (Wildman–Crippen MR) is 101 cm³/mol. The van der Waals surface area contributed by atoms with E-state index in [4.69, 9.17) is 13.8 Å². The van der Waals surface area contributed by atoms with Gasteiger partial charge in [0.15, 0.2) is 5.82 Å². The Hall–Kier alpha value is -3.07. The van der Waals surface area contributed by atoms with Gasteiger partial charge in [-0.3, -0.25) is 4.79 Å². The molecule has 3 heterocycles. The summed E-state index contributed by atoms with van der Waals surface area (Å²) in [6.45, 7) is 3.42. The number of aromatic nitrogens is 4. The first-order chi connectivity index (χ1) is 14.2. The molecule has 2 aromatic heterocycles. The van der Waals surface area contributed by atoms with Crippen LogP contribution in [-0.4, -0.2) is 50.3 Å². The molecule has 9 nitrogen and oxygen atoms in total. The molecule has 0 spiro atoms. The van der Waals surface area contributed by atoms with Crippen LogP contribution in [0.15, 0.2) is 39.4 Å². The van der Waals surface area contributed by atoms with Crippen molar-refractivity contribution in [3.05, 3.63) is 47.9 Å². The molecular formula is C20H23N5O4. The number of hydrogen-bond donors (Lipinski definition) is 0. The number of piperidine rings is 1. The molecule has 3 aromatic rings. The standard InChI is InChI=1S/C20H23N5O4/c1-14-21-18(29-23-14)13-27-16-9-11-25(12-10-16)19(26)8-7-17-22-20(24-28-17)15-5-3-2-4-6-15/h2-6,16H,7-13H2,1H3. The van der Waals surface area contributed by atoms with E-state index < -0.39 is 0 Å². The van der Waals surface area contributed by atoms with Gasteiger partial charge >= 0.3 is 0 Å². The maximum Gasteiger partial charge on any atom is 0.252 e. The van der Waals surface area contributed by atoms with Crippen LogP contribution >= 0.6 is 0 Å². The molecule has 1 aromatic carbocycles. The van der Waals surface area contributed by atoms with E-state index >= 15 is 0 Å². The molecule has 0 bridgehead atoms. The fraction of sp³-hybridized carbons (Fsp3) is 0.450. The Kier molecular flexibility index (Phi) is 5.95. The zero-order valence-corrected chi connectivity index (χ0v) is 16.3. The molecule has 0 N–H and O–H groups in total. The summed E-state index contributed by atoms with van der Waals surface area (Å²) in [4.78, 5) is 22.9. The molecule has 0 unspecified atom stereocenters. The fourth-order valence-corrected chi connectivity index (χ4v) is 3.29. The Morgan fingerprint density at radius 1 is 1.10 bits per heavy atom. The molecule has 1 amide bonds. The van der Waals surface area contributed by atoms with Crippen LogP contribution in [0.1, 0.15) is 36.9 Å². The summed E-state index contributed by atoms with van der Waals surface area (Å²) in [6.07, 6.45) is 2.46. The maximum absolute atomic E-state index is 12.5. The van der Waals surface area contributed by atoms with Crippen LogP contribution in [0.3, 0.4) is 0 Å². The van der Waals surface area contributed by atoms with E-state index in [1.54, 1.807) is 6.92 Å². The van der Waals surface area contributed by atoms with Crippen LogP contribution in [0.2, 0.25) is 0 Å². The number of likely N-dealkylation sites (tertiary alicyclic amines) is 1. The number of rotatable bonds is 7. The second-order valence-electron chi connectivity index (χ2n) is 7.00. The molecule has 1 saturated heterocycles. The maximum atomic E-state index is 12.5. The summed E-state index contributed by atoms with van der Waals surface area (Å²) < 4.78 is 16.1. The third-order valence-electron chi connectivity index (χ3n) is 4.86. The van der Waals surface area contributed by atoms with Crippen molar-refractivity contribution >= 4 is 5.91 Å². The van der Waals surface area contributed by atoms with E-state index in [-0.39, 0.29) is 12.0 Å². The lowest BCUT2D eigenvalue weighted by Crippen LogP contribution is -2.41. The summed E-state index contributed by atoms with van der Waals surface area (Å²) in [5.41, 5.74) is 0.895. The highest BCUT2D eigenvalue weighted by Crippen LogP contribution is 2.18. The first kappa shape index (κ1) is 19.3. The van der Waals surface area contributed by atoms with Crippen molar-refractivity contribution < 1.29 is 18.6 Å². The molecule has 4 rings (SSSR count). The molecule has 1 aliphatic heterocycles. The quantitative estimate of drug-likeness (QED) is 0.599. The van der Waals surface area contributed by atoms with Gasteiger partial charge in [-0.2, -0.15) is 9.97 Å². The first-order valence-corrected chi connectivity index (χ1v) is 9.74. The predicted octanol–water partition coefficient (Wildman–Crippen LogP) is 2.57. The van der Waals surface area contributed by atoms with Gasteiger partial charge in [-0.05, 0) is 19.8 Å². The van der Waals surface area contributed by atoms with Gasteiger partial charge < -0.3 is 18.7 Å². The molecule has 0 aliphatic carbocycles. The monoisotopic (exact) mass is 397 g/mol. The van der Waals surface area contributed by atoms with Crippen LogP contribution < -0.4 is 0 Å². The van der Waals surface area contributed by atoms with Gasteiger partial charge in [0.2, 0.25) is 17.6 Å². The van der Waals surface area contributed by atoms with Crippen LogP contribution in [0.5, 0.6) is 0 Å². The van der Waals surface area contributed by atoms with Gasteiger partial charge in [0.25, 0.3) is 5.89 Å². The van der Waals surface area contributed by atoms with E-state index in [0.29, 0.717) is 56.0 Å². The van der Waals surface area contributed by atoms with Gasteiger partial charge in [-0.15, -0.1) is 0 Å². The van der Waals surface area contributed by atoms with Crippen molar-refractivity contribution in [3.8, 4) is 11.4 Å². The lowest BCUT2D eigenvalue weighted by atomic mass is 10.1. The lowest BCUT2D eigenvalue weighted by Gasteiger charge is -2.31. The van der Waals surface area contributed by atoms with Crippen molar-refractivity contribution in [2.45, 2.75) is 45.3 Å². The molecule has 0 saturated carbocycles. The van der Waals surface area contributed by atoms with E-state index in [1.807, 2.05) is 35.2 Å². The first-order valence-electron chi connectivity index (χ1n) is 9.74.